The van der Waals surface area contributed by atoms with E-state index >= 15 is 0 Å². The van der Waals surface area contributed by atoms with Gasteiger partial charge in [0.05, 0.1) is 17.6 Å². The molecule has 0 radical (unpaired) electrons. The Labute approximate surface area is 163 Å². The van der Waals surface area contributed by atoms with Gasteiger partial charge >= 0.3 is 0 Å². The molecule has 6 heteroatoms. The monoisotopic (exact) mass is 382 g/mol. The minimum Gasteiger partial charge on any atom is -0.352 e. The molecule has 2 heterocycles. The Hall–Kier alpha value is -2.37. The van der Waals surface area contributed by atoms with Gasteiger partial charge in [0, 0.05) is 17.5 Å². The van der Waals surface area contributed by atoms with Crippen LogP contribution in [0.2, 0.25) is 5.02 Å². The smallest absolute Gasteiger partial charge is 0.223 e. The zero-order chi connectivity index (χ0) is 18.6. The second-order valence-electron chi connectivity index (χ2n) is 7.06. The van der Waals surface area contributed by atoms with Gasteiger partial charge in [-0.1, -0.05) is 41.9 Å². The molecular formula is C21H23ClN4O. The third kappa shape index (κ3) is 4.31. The molecule has 140 valence electrons. The van der Waals surface area contributed by atoms with Gasteiger partial charge in [-0.3, -0.25) is 9.69 Å². The van der Waals surface area contributed by atoms with Crippen molar-refractivity contribution in [2.24, 2.45) is 5.92 Å². The summed E-state index contributed by atoms with van der Waals surface area (Å²) < 4.78 is 0. The second kappa shape index (κ2) is 8.11. The van der Waals surface area contributed by atoms with E-state index in [2.05, 4.69) is 20.2 Å². The number of benzene rings is 2. The Bertz CT molecular complexity index is 898. The lowest BCUT2D eigenvalue weighted by Crippen LogP contribution is -2.40. The van der Waals surface area contributed by atoms with Gasteiger partial charge in [0.25, 0.3) is 0 Å². The van der Waals surface area contributed by atoms with Crippen LogP contribution in [-0.2, 0) is 17.9 Å². The number of aromatic amines is 1. The third-order valence-electron chi connectivity index (χ3n) is 5.18. The molecule has 0 bridgehead atoms. The quantitative estimate of drug-likeness (QED) is 0.706. The lowest BCUT2D eigenvalue weighted by Gasteiger charge is -2.30. The Balaban J connectivity index is 1.27. The zero-order valence-electron chi connectivity index (χ0n) is 15.1. The molecule has 1 aliphatic rings. The first-order valence-corrected chi connectivity index (χ1v) is 9.74. The van der Waals surface area contributed by atoms with Gasteiger partial charge < -0.3 is 10.3 Å². The highest BCUT2D eigenvalue weighted by Gasteiger charge is 2.25. The van der Waals surface area contributed by atoms with Crippen LogP contribution in [0.1, 0.15) is 24.2 Å². The lowest BCUT2D eigenvalue weighted by molar-refractivity contribution is -0.126. The number of halogens is 1. The molecule has 0 spiro atoms. The van der Waals surface area contributed by atoms with Crippen molar-refractivity contribution in [1.82, 2.24) is 20.2 Å². The number of hydrogen-bond donors (Lipinski definition) is 2. The predicted molar refractivity (Wildman–Crippen MR) is 107 cm³/mol. The van der Waals surface area contributed by atoms with Crippen LogP contribution in [0, 0.1) is 5.92 Å². The van der Waals surface area contributed by atoms with Crippen molar-refractivity contribution < 1.29 is 4.79 Å². The first-order valence-electron chi connectivity index (χ1n) is 9.36. The molecule has 1 saturated heterocycles. The molecular weight excluding hydrogens is 360 g/mol. The van der Waals surface area contributed by atoms with Crippen molar-refractivity contribution in [2.75, 3.05) is 13.1 Å². The number of fused-ring (bicyclic) bond motifs is 1. The number of hydrogen-bond acceptors (Lipinski definition) is 3. The molecule has 2 aromatic carbocycles. The molecule has 0 unspecified atom stereocenters. The zero-order valence-corrected chi connectivity index (χ0v) is 15.9. The van der Waals surface area contributed by atoms with Crippen LogP contribution in [0.5, 0.6) is 0 Å². The molecule has 1 fully saturated rings. The number of aromatic nitrogens is 2. The number of carbonyl (C=O) groups excluding carboxylic acids is 1. The Morgan fingerprint density at radius 3 is 2.67 bits per heavy atom. The summed E-state index contributed by atoms with van der Waals surface area (Å²) in [7, 11) is 0. The summed E-state index contributed by atoms with van der Waals surface area (Å²) in [5, 5.41) is 3.72. The Morgan fingerprint density at radius 1 is 1.15 bits per heavy atom. The first-order chi connectivity index (χ1) is 13.2. The summed E-state index contributed by atoms with van der Waals surface area (Å²) in [5.74, 6) is 1.18. The number of imidazole rings is 1. The summed E-state index contributed by atoms with van der Waals surface area (Å²) >= 11 is 6.15. The van der Waals surface area contributed by atoms with E-state index in [1.54, 1.807) is 0 Å². The molecule has 1 aliphatic heterocycles. The van der Waals surface area contributed by atoms with Gasteiger partial charge in [-0.05, 0) is 49.7 Å². The van der Waals surface area contributed by atoms with E-state index in [0.717, 1.165) is 54.9 Å². The number of piperidine rings is 1. The van der Waals surface area contributed by atoms with E-state index in [0.29, 0.717) is 11.6 Å². The van der Waals surface area contributed by atoms with Gasteiger partial charge in [-0.2, -0.15) is 0 Å². The van der Waals surface area contributed by atoms with Gasteiger partial charge in [-0.25, -0.2) is 4.98 Å². The average Bonchev–Trinajstić information content (AvgIpc) is 3.10. The standard InChI is InChI=1S/C21H23ClN4O/c22-17-6-2-1-5-16(17)13-23-21(27)15-9-11-26(12-10-15)14-20-24-18-7-3-4-8-19(18)25-20/h1-8,15H,9-14H2,(H,23,27)(H,24,25). The molecule has 5 nitrogen and oxygen atoms in total. The fraction of sp³-hybridized carbons (Fsp3) is 0.333. The number of carbonyl (C=O) groups is 1. The SMILES string of the molecule is O=C(NCc1ccccc1Cl)C1CCN(Cc2nc3ccccc3[nH]2)CC1. The van der Waals surface area contributed by atoms with E-state index in [9.17, 15) is 4.79 Å². The van der Waals surface area contributed by atoms with Crippen molar-refractivity contribution in [2.45, 2.75) is 25.9 Å². The van der Waals surface area contributed by atoms with Crippen molar-refractivity contribution >= 4 is 28.5 Å². The number of para-hydroxylation sites is 2. The molecule has 27 heavy (non-hydrogen) atoms. The van der Waals surface area contributed by atoms with Gasteiger partial charge in [0.1, 0.15) is 5.82 Å². The number of nitrogens with zero attached hydrogens (tertiary/aromatic N) is 2. The summed E-state index contributed by atoms with van der Waals surface area (Å²) in [6, 6.07) is 15.7. The maximum absolute atomic E-state index is 12.5. The van der Waals surface area contributed by atoms with E-state index < -0.39 is 0 Å². The molecule has 3 aromatic rings. The van der Waals surface area contributed by atoms with Crippen LogP contribution in [0.15, 0.2) is 48.5 Å². The third-order valence-corrected chi connectivity index (χ3v) is 5.55. The normalized spacial score (nSPS) is 15.9. The molecule has 0 atom stereocenters. The number of H-pyrrole nitrogens is 1. The molecule has 1 aromatic heterocycles. The maximum atomic E-state index is 12.5. The van der Waals surface area contributed by atoms with Crippen LogP contribution < -0.4 is 5.32 Å². The van der Waals surface area contributed by atoms with Gasteiger partial charge in [0.2, 0.25) is 5.91 Å². The van der Waals surface area contributed by atoms with Crippen LogP contribution in [0.25, 0.3) is 11.0 Å². The Kier molecular flexibility index (Phi) is 5.41. The molecule has 0 aliphatic carbocycles. The van der Waals surface area contributed by atoms with Crippen LogP contribution >= 0.6 is 11.6 Å². The minimum absolute atomic E-state index is 0.0689. The fourth-order valence-corrected chi connectivity index (χ4v) is 3.82. The van der Waals surface area contributed by atoms with Crippen molar-refractivity contribution in [1.29, 1.82) is 0 Å². The summed E-state index contributed by atoms with van der Waals surface area (Å²) in [5.41, 5.74) is 3.03. The topological polar surface area (TPSA) is 61.0 Å². The second-order valence-corrected chi connectivity index (χ2v) is 7.47. The summed E-state index contributed by atoms with van der Waals surface area (Å²) in [6.07, 6.45) is 1.74. The predicted octanol–water partition coefficient (Wildman–Crippen LogP) is 3.74. The van der Waals surface area contributed by atoms with E-state index in [1.165, 1.54) is 0 Å². The molecule has 2 N–H and O–H groups in total. The van der Waals surface area contributed by atoms with E-state index in [4.69, 9.17) is 11.6 Å². The van der Waals surface area contributed by atoms with Crippen LogP contribution in [0.3, 0.4) is 0 Å². The lowest BCUT2D eigenvalue weighted by atomic mass is 9.96. The summed E-state index contributed by atoms with van der Waals surface area (Å²) in [6.45, 7) is 3.09. The molecule has 1 amide bonds. The highest BCUT2D eigenvalue weighted by molar-refractivity contribution is 6.31. The average molecular weight is 383 g/mol. The van der Waals surface area contributed by atoms with Gasteiger partial charge in [0.15, 0.2) is 0 Å². The van der Waals surface area contributed by atoms with Gasteiger partial charge in [-0.15, -0.1) is 0 Å². The van der Waals surface area contributed by atoms with Crippen molar-refractivity contribution in [3.63, 3.8) is 0 Å². The number of nitrogens with one attached hydrogen (secondary N) is 2. The maximum Gasteiger partial charge on any atom is 0.223 e. The van der Waals surface area contributed by atoms with Crippen molar-refractivity contribution in [3.05, 3.63) is 64.9 Å². The number of rotatable bonds is 5. The minimum atomic E-state index is 0.0689. The fourth-order valence-electron chi connectivity index (χ4n) is 3.61. The molecule has 4 rings (SSSR count). The van der Waals surface area contributed by atoms with Crippen LogP contribution in [0.4, 0.5) is 0 Å². The van der Waals surface area contributed by atoms with Crippen molar-refractivity contribution in [3.8, 4) is 0 Å². The van der Waals surface area contributed by atoms with E-state index in [1.807, 2.05) is 48.5 Å². The van der Waals surface area contributed by atoms with Crippen LogP contribution in [-0.4, -0.2) is 33.9 Å². The summed E-state index contributed by atoms with van der Waals surface area (Å²) in [4.78, 5) is 22.8. The highest BCUT2D eigenvalue weighted by atomic mass is 35.5. The Morgan fingerprint density at radius 2 is 1.89 bits per heavy atom. The highest BCUT2D eigenvalue weighted by Crippen LogP contribution is 2.20. The number of likely N-dealkylation sites (tertiary alicyclic amines) is 1. The number of amides is 1. The molecule has 0 saturated carbocycles. The van der Waals surface area contributed by atoms with E-state index in [-0.39, 0.29) is 11.8 Å². The first kappa shape index (κ1) is 18.0. The largest absolute Gasteiger partial charge is 0.352 e.